The zero-order valence-corrected chi connectivity index (χ0v) is 13.0. The van der Waals surface area contributed by atoms with Gasteiger partial charge >= 0.3 is 0 Å². The molecule has 3 rings (SSSR count). The van der Waals surface area contributed by atoms with E-state index >= 15 is 0 Å². The SMILES string of the molecule is COCc1ccccc1.O=C(NC1CCCCC1)C1CC1. The number of hydrogen-bond acceptors (Lipinski definition) is 2. The number of benzene rings is 1. The van der Waals surface area contributed by atoms with Crippen molar-refractivity contribution in [1.29, 1.82) is 0 Å². The van der Waals surface area contributed by atoms with Crippen LogP contribution < -0.4 is 5.32 Å². The van der Waals surface area contributed by atoms with Gasteiger partial charge < -0.3 is 10.1 Å². The molecule has 3 heteroatoms. The maximum atomic E-state index is 11.4. The van der Waals surface area contributed by atoms with E-state index in [0.717, 1.165) is 12.8 Å². The van der Waals surface area contributed by atoms with Crippen molar-refractivity contribution in [3.05, 3.63) is 35.9 Å². The molecule has 21 heavy (non-hydrogen) atoms. The van der Waals surface area contributed by atoms with Crippen LogP contribution >= 0.6 is 0 Å². The molecule has 2 saturated carbocycles. The van der Waals surface area contributed by atoms with Crippen molar-refractivity contribution in [2.24, 2.45) is 5.92 Å². The van der Waals surface area contributed by atoms with Crippen molar-refractivity contribution in [3.8, 4) is 0 Å². The molecule has 1 amide bonds. The zero-order chi connectivity index (χ0) is 14.9. The Hall–Kier alpha value is -1.35. The maximum absolute atomic E-state index is 11.4. The van der Waals surface area contributed by atoms with Crippen molar-refractivity contribution in [3.63, 3.8) is 0 Å². The maximum Gasteiger partial charge on any atom is 0.223 e. The van der Waals surface area contributed by atoms with E-state index in [1.54, 1.807) is 7.11 Å². The number of methoxy groups -OCH3 is 1. The van der Waals surface area contributed by atoms with Crippen molar-refractivity contribution < 1.29 is 9.53 Å². The van der Waals surface area contributed by atoms with Gasteiger partial charge in [-0.3, -0.25) is 4.79 Å². The second-order valence-electron chi connectivity index (χ2n) is 6.04. The fourth-order valence-electron chi connectivity index (χ4n) is 2.65. The molecule has 0 radical (unpaired) electrons. The molecular weight excluding hydrogens is 262 g/mol. The van der Waals surface area contributed by atoms with E-state index in [9.17, 15) is 4.79 Å². The Morgan fingerprint density at radius 1 is 1.10 bits per heavy atom. The van der Waals surface area contributed by atoms with Crippen LogP contribution in [0.2, 0.25) is 0 Å². The van der Waals surface area contributed by atoms with Gasteiger partial charge in [0.2, 0.25) is 5.91 Å². The summed E-state index contributed by atoms with van der Waals surface area (Å²) in [4.78, 5) is 11.4. The Morgan fingerprint density at radius 3 is 2.33 bits per heavy atom. The number of hydrogen-bond donors (Lipinski definition) is 1. The Balaban J connectivity index is 0.000000161. The summed E-state index contributed by atoms with van der Waals surface area (Å²) in [6.07, 6.45) is 8.62. The number of rotatable bonds is 4. The average Bonchev–Trinajstić information content (AvgIpc) is 3.35. The molecule has 0 unspecified atom stereocenters. The molecule has 2 fully saturated rings. The number of carbonyl (C=O) groups excluding carboxylic acids is 1. The lowest BCUT2D eigenvalue weighted by Gasteiger charge is -2.22. The minimum Gasteiger partial charge on any atom is -0.380 e. The molecule has 0 spiro atoms. The van der Waals surface area contributed by atoms with Gasteiger partial charge in [-0.15, -0.1) is 0 Å². The van der Waals surface area contributed by atoms with E-state index in [2.05, 4.69) is 5.32 Å². The predicted molar refractivity (Wildman–Crippen MR) is 84.9 cm³/mol. The summed E-state index contributed by atoms with van der Waals surface area (Å²) in [5, 5.41) is 3.14. The molecule has 0 atom stereocenters. The summed E-state index contributed by atoms with van der Waals surface area (Å²) in [5.41, 5.74) is 1.22. The lowest BCUT2D eigenvalue weighted by Crippen LogP contribution is -2.37. The average molecular weight is 289 g/mol. The molecule has 0 aliphatic heterocycles. The zero-order valence-electron chi connectivity index (χ0n) is 13.0. The van der Waals surface area contributed by atoms with E-state index in [-0.39, 0.29) is 0 Å². The van der Waals surface area contributed by atoms with Crippen LogP contribution in [-0.4, -0.2) is 19.1 Å². The molecule has 1 aromatic rings. The first kappa shape index (κ1) is 16.0. The summed E-state index contributed by atoms with van der Waals surface area (Å²) in [6.45, 7) is 0.709. The van der Waals surface area contributed by atoms with Crippen LogP contribution in [0.5, 0.6) is 0 Å². The molecular formula is C18H27NO2. The third-order valence-electron chi connectivity index (χ3n) is 4.05. The summed E-state index contributed by atoms with van der Waals surface area (Å²) in [5.74, 6) is 0.703. The van der Waals surface area contributed by atoms with Crippen LogP contribution in [0.25, 0.3) is 0 Å². The lowest BCUT2D eigenvalue weighted by atomic mass is 9.95. The predicted octanol–water partition coefficient (Wildman–Crippen LogP) is 3.68. The van der Waals surface area contributed by atoms with Gasteiger partial charge in [0.25, 0.3) is 0 Å². The number of carbonyl (C=O) groups is 1. The molecule has 1 N–H and O–H groups in total. The Kier molecular flexibility index (Phi) is 6.74. The molecule has 2 aliphatic rings. The van der Waals surface area contributed by atoms with Crippen LogP contribution in [0, 0.1) is 5.92 Å². The van der Waals surface area contributed by atoms with Crippen molar-refractivity contribution >= 4 is 5.91 Å². The first-order chi connectivity index (χ1) is 10.3. The molecule has 116 valence electrons. The van der Waals surface area contributed by atoms with Gasteiger partial charge in [0, 0.05) is 19.1 Å². The van der Waals surface area contributed by atoms with Crippen LogP contribution in [0.4, 0.5) is 0 Å². The Labute approximate surface area is 128 Å². The largest absolute Gasteiger partial charge is 0.380 e. The summed E-state index contributed by atoms with van der Waals surface area (Å²) in [6, 6.07) is 10.6. The highest BCUT2D eigenvalue weighted by molar-refractivity contribution is 5.81. The van der Waals surface area contributed by atoms with Gasteiger partial charge in [0.1, 0.15) is 0 Å². The van der Waals surface area contributed by atoms with Crippen LogP contribution in [0.1, 0.15) is 50.5 Å². The standard InChI is InChI=1S/C10H17NO.C8H10O/c12-10(8-6-7-8)11-9-4-2-1-3-5-9;1-9-7-8-5-3-2-4-6-8/h8-9H,1-7H2,(H,11,12);2-6H,7H2,1H3. The first-order valence-corrected chi connectivity index (χ1v) is 8.13. The fraction of sp³-hybridized carbons (Fsp3) is 0.611. The second kappa shape index (κ2) is 8.83. The third kappa shape index (κ3) is 6.30. The first-order valence-electron chi connectivity index (χ1n) is 8.13. The lowest BCUT2D eigenvalue weighted by molar-refractivity contribution is -0.123. The van der Waals surface area contributed by atoms with Crippen LogP contribution in [0.15, 0.2) is 30.3 Å². The van der Waals surface area contributed by atoms with Gasteiger partial charge in [-0.05, 0) is 31.2 Å². The molecule has 0 aromatic heterocycles. The van der Waals surface area contributed by atoms with Gasteiger partial charge in [-0.1, -0.05) is 49.6 Å². The van der Waals surface area contributed by atoms with Crippen molar-refractivity contribution in [1.82, 2.24) is 5.32 Å². The quantitative estimate of drug-likeness (QED) is 0.918. The number of amides is 1. The number of nitrogens with one attached hydrogen (secondary N) is 1. The summed E-state index contributed by atoms with van der Waals surface area (Å²) < 4.78 is 4.93. The third-order valence-corrected chi connectivity index (χ3v) is 4.05. The normalized spacial score (nSPS) is 18.5. The van der Waals surface area contributed by atoms with Crippen LogP contribution in [0.3, 0.4) is 0 Å². The Morgan fingerprint density at radius 2 is 1.76 bits per heavy atom. The highest BCUT2D eigenvalue weighted by atomic mass is 16.5. The van der Waals surface area contributed by atoms with E-state index < -0.39 is 0 Å². The molecule has 0 saturated heterocycles. The molecule has 2 aliphatic carbocycles. The number of ether oxygens (including phenoxy) is 1. The van der Waals surface area contributed by atoms with Gasteiger partial charge in [-0.25, -0.2) is 0 Å². The molecule has 0 bridgehead atoms. The monoisotopic (exact) mass is 289 g/mol. The van der Waals surface area contributed by atoms with Crippen molar-refractivity contribution in [2.75, 3.05) is 7.11 Å². The molecule has 1 aromatic carbocycles. The van der Waals surface area contributed by atoms with E-state index in [4.69, 9.17) is 4.74 Å². The van der Waals surface area contributed by atoms with Crippen LogP contribution in [-0.2, 0) is 16.1 Å². The van der Waals surface area contributed by atoms with E-state index in [1.165, 1.54) is 37.7 Å². The van der Waals surface area contributed by atoms with Gasteiger partial charge in [0.05, 0.1) is 6.61 Å². The molecule has 0 heterocycles. The summed E-state index contributed by atoms with van der Waals surface area (Å²) in [7, 11) is 1.70. The topological polar surface area (TPSA) is 38.3 Å². The molecule has 3 nitrogen and oxygen atoms in total. The van der Waals surface area contributed by atoms with Gasteiger partial charge in [0.15, 0.2) is 0 Å². The van der Waals surface area contributed by atoms with E-state index in [1.807, 2.05) is 30.3 Å². The van der Waals surface area contributed by atoms with E-state index in [0.29, 0.717) is 24.5 Å². The smallest absolute Gasteiger partial charge is 0.223 e. The highest BCUT2D eigenvalue weighted by Gasteiger charge is 2.30. The fourth-order valence-corrected chi connectivity index (χ4v) is 2.65. The van der Waals surface area contributed by atoms with Gasteiger partial charge in [-0.2, -0.15) is 0 Å². The van der Waals surface area contributed by atoms with Crippen molar-refractivity contribution in [2.45, 2.75) is 57.6 Å². The Bertz CT molecular complexity index is 408. The minimum atomic E-state index is 0.321. The minimum absolute atomic E-state index is 0.321. The summed E-state index contributed by atoms with van der Waals surface area (Å²) >= 11 is 0. The second-order valence-corrected chi connectivity index (χ2v) is 6.04. The highest BCUT2D eigenvalue weighted by Crippen LogP contribution is 2.29.